The molecule has 4 rings (SSSR count). The van der Waals surface area contributed by atoms with Crippen molar-refractivity contribution in [2.45, 2.75) is 37.8 Å². The summed E-state index contributed by atoms with van der Waals surface area (Å²) in [5.41, 5.74) is 1.19. The van der Waals surface area contributed by atoms with Crippen LogP contribution in [0.4, 0.5) is 0 Å². The Morgan fingerprint density at radius 3 is 3.04 bits per heavy atom. The van der Waals surface area contributed by atoms with Crippen LogP contribution in [0.2, 0.25) is 5.02 Å². The van der Waals surface area contributed by atoms with E-state index >= 15 is 0 Å². The second kappa shape index (κ2) is 6.00. The van der Waals surface area contributed by atoms with Gasteiger partial charge in [-0.1, -0.05) is 23.7 Å². The van der Waals surface area contributed by atoms with Crippen LogP contribution in [0.1, 0.15) is 30.7 Å². The Morgan fingerprint density at radius 1 is 1.35 bits per heavy atom. The second-order valence-electron chi connectivity index (χ2n) is 6.56. The fourth-order valence-electron chi connectivity index (χ4n) is 3.73. The van der Waals surface area contributed by atoms with Crippen LogP contribution in [0.5, 0.6) is 0 Å². The van der Waals surface area contributed by atoms with Gasteiger partial charge >= 0.3 is 0 Å². The van der Waals surface area contributed by atoms with E-state index in [0.717, 1.165) is 37.4 Å². The molecule has 1 amide bonds. The number of halogens is 1. The number of aromatic nitrogens is 2. The Labute approximate surface area is 141 Å². The molecule has 1 aliphatic carbocycles. The lowest BCUT2D eigenvalue weighted by Crippen LogP contribution is -2.39. The number of carbonyl (C=O) groups excluding carboxylic acids is 1. The molecular weight excluding hydrogens is 310 g/mol. The smallest absolute Gasteiger partial charge is 0.226 e. The number of amides is 1. The first kappa shape index (κ1) is 14.8. The van der Waals surface area contributed by atoms with Crippen LogP contribution in [0.15, 0.2) is 42.7 Å². The van der Waals surface area contributed by atoms with Gasteiger partial charge in [0.25, 0.3) is 0 Å². The van der Waals surface area contributed by atoms with E-state index in [0.29, 0.717) is 11.8 Å². The maximum atomic E-state index is 12.9. The van der Waals surface area contributed by atoms with Crippen molar-refractivity contribution in [3.63, 3.8) is 0 Å². The minimum Gasteiger partial charge on any atom is -0.338 e. The number of rotatable bonds is 4. The highest BCUT2D eigenvalue weighted by molar-refractivity contribution is 6.30. The normalized spacial score (nSPS) is 26.5. The molecule has 1 aliphatic heterocycles. The third-order valence-electron chi connectivity index (χ3n) is 5.00. The largest absolute Gasteiger partial charge is 0.338 e. The molecule has 0 radical (unpaired) electrons. The first-order valence-corrected chi connectivity index (χ1v) is 8.63. The van der Waals surface area contributed by atoms with Gasteiger partial charge in [-0.25, -0.2) is 0 Å². The van der Waals surface area contributed by atoms with Gasteiger partial charge < -0.3 is 4.90 Å². The van der Waals surface area contributed by atoms with Gasteiger partial charge in [-0.05, 0) is 48.9 Å². The molecule has 3 atom stereocenters. The molecule has 2 aromatic rings. The van der Waals surface area contributed by atoms with Crippen molar-refractivity contribution >= 4 is 17.5 Å². The molecule has 0 unspecified atom stereocenters. The molecule has 0 spiro atoms. The third-order valence-corrected chi connectivity index (χ3v) is 5.24. The van der Waals surface area contributed by atoms with Crippen LogP contribution in [-0.4, -0.2) is 33.2 Å². The lowest BCUT2D eigenvalue weighted by atomic mass is 10.1. The summed E-state index contributed by atoms with van der Waals surface area (Å²) < 4.78 is 1.93. The molecule has 2 fully saturated rings. The first-order valence-electron chi connectivity index (χ1n) is 8.26. The predicted molar refractivity (Wildman–Crippen MR) is 89.3 cm³/mol. The Bertz CT molecular complexity index is 700. The topological polar surface area (TPSA) is 38.1 Å². The summed E-state index contributed by atoms with van der Waals surface area (Å²) in [5, 5.41) is 5.02. The Balaban J connectivity index is 1.43. The Hall–Kier alpha value is -1.81. The summed E-state index contributed by atoms with van der Waals surface area (Å²) in [6, 6.07) is 10.1. The number of benzene rings is 1. The van der Waals surface area contributed by atoms with Crippen LogP contribution in [0.25, 0.3) is 0 Å². The number of nitrogens with zero attached hydrogens (tertiary/aromatic N) is 3. The molecule has 23 heavy (non-hydrogen) atoms. The molecule has 0 N–H and O–H groups in total. The van der Waals surface area contributed by atoms with Crippen LogP contribution in [-0.2, 0) is 11.3 Å². The number of hydrogen-bond donors (Lipinski definition) is 0. The summed E-state index contributed by atoms with van der Waals surface area (Å²) in [7, 11) is 0. The van der Waals surface area contributed by atoms with E-state index < -0.39 is 0 Å². The summed E-state index contributed by atoms with van der Waals surface area (Å²) >= 11 is 6.07. The maximum Gasteiger partial charge on any atom is 0.226 e. The monoisotopic (exact) mass is 329 g/mol. The molecule has 5 heteroatoms. The zero-order valence-electron chi connectivity index (χ0n) is 12.9. The highest BCUT2D eigenvalue weighted by Gasteiger charge is 2.47. The van der Waals surface area contributed by atoms with Crippen molar-refractivity contribution < 1.29 is 4.79 Å². The Kier molecular flexibility index (Phi) is 3.85. The fourth-order valence-corrected chi connectivity index (χ4v) is 3.93. The highest BCUT2D eigenvalue weighted by atomic mass is 35.5. The van der Waals surface area contributed by atoms with Crippen LogP contribution >= 0.6 is 11.6 Å². The summed E-state index contributed by atoms with van der Waals surface area (Å²) in [6.45, 7) is 1.68. The lowest BCUT2D eigenvalue weighted by molar-refractivity contribution is -0.133. The average molecular weight is 330 g/mol. The van der Waals surface area contributed by atoms with E-state index in [1.807, 2.05) is 35.1 Å². The SMILES string of the molecule is O=C([C@@H]1C[C@H]1c1cccc(Cl)c1)N1CCC[C@H]1Cn1cccn1. The van der Waals surface area contributed by atoms with E-state index in [-0.39, 0.29) is 12.0 Å². The molecule has 120 valence electrons. The third kappa shape index (κ3) is 3.00. The number of likely N-dealkylation sites (tertiary alicyclic amines) is 1. The molecule has 2 heterocycles. The number of carbonyl (C=O) groups is 1. The zero-order chi connectivity index (χ0) is 15.8. The van der Waals surface area contributed by atoms with Gasteiger partial charge in [-0.3, -0.25) is 9.48 Å². The Morgan fingerprint density at radius 2 is 2.26 bits per heavy atom. The van der Waals surface area contributed by atoms with Gasteiger partial charge in [0.2, 0.25) is 5.91 Å². The number of hydrogen-bond acceptors (Lipinski definition) is 2. The van der Waals surface area contributed by atoms with Gasteiger partial charge in [0.15, 0.2) is 0 Å². The molecule has 4 nitrogen and oxygen atoms in total. The molecule has 1 aromatic heterocycles. The summed E-state index contributed by atoms with van der Waals surface area (Å²) in [6.07, 6.45) is 6.86. The molecule has 2 aliphatic rings. The standard InChI is InChI=1S/C18H20ClN3O/c19-14-5-1-4-13(10-14)16-11-17(16)18(23)22-9-2-6-15(22)12-21-8-3-7-20-21/h1,3-5,7-8,10,15-17H,2,6,9,11-12H2/t15-,16-,17+/m0/s1. The van der Waals surface area contributed by atoms with Crippen LogP contribution in [0.3, 0.4) is 0 Å². The van der Waals surface area contributed by atoms with Crippen molar-refractivity contribution in [2.75, 3.05) is 6.54 Å². The minimum absolute atomic E-state index is 0.131. The average Bonchev–Trinajstić information content (AvgIpc) is 2.94. The summed E-state index contributed by atoms with van der Waals surface area (Å²) in [5.74, 6) is 0.781. The fraction of sp³-hybridized carbons (Fsp3) is 0.444. The molecule has 0 bridgehead atoms. The van der Waals surface area contributed by atoms with E-state index in [9.17, 15) is 4.79 Å². The second-order valence-corrected chi connectivity index (χ2v) is 7.00. The van der Waals surface area contributed by atoms with Crippen molar-refractivity contribution in [1.29, 1.82) is 0 Å². The van der Waals surface area contributed by atoms with Gasteiger partial charge in [0.1, 0.15) is 0 Å². The molecule has 1 saturated carbocycles. The van der Waals surface area contributed by atoms with Crippen molar-refractivity contribution in [3.8, 4) is 0 Å². The van der Waals surface area contributed by atoms with Gasteiger partial charge in [0.05, 0.1) is 12.6 Å². The van der Waals surface area contributed by atoms with Gasteiger partial charge in [-0.15, -0.1) is 0 Å². The predicted octanol–water partition coefficient (Wildman–Crippen LogP) is 3.33. The van der Waals surface area contributed by atoms with Crippen molar-refractivity contribution in [1.82, 2.24) is 14.7 Å². The van der Waals surface area contributed by atoms with E-state index in [1.54, 1.807) is 6.20 Å². The lowest BCUT2D eigenvalue weighted by Gasteiger charge is -2.25. The van der Waals surface area contributed by atoms with Crippen LogP contribution in [0, 0.1) is 5.92 Å². The quantitative estimate of drug-likeness (QED) is 0.863. The van der Waals surface area contributed by atoms with Gasteiger partial charge in [0, 0.05) is 29.9 Å². The highest BCUT2D eigenvalue weighted by Crippen LogP contribution is 2.49. The molecule has 1 aromatic carbocycles. The van der Waals surface area contributed by atoms with E-state index in [1.165, 1.54) is 5.56 Å². The van der Waals surface area contributed by atoms with Crippen molar-refractivity contribution in [3.05, 3.63) is 53.3 Å². The summed E-state index contributed by atoms with van der Waals surface area (Å²) in [4.78, 5) is 15.0. The van der Waals surface area contributed by atoms with E-state index in [2.05, 4.69) is 16.1 Å². The molecular formula is C18H20ClN3O. The first-order chi connectivity index (χ1) is 11.2. The van der Waals surface area contributed by atoms with Crippen LogP contribution < -0.4 is 0 Å². The van der Waals surface area contributed by atoms with Crippen molar-refractivity contribution in [2.24, 2.45) is 5.92 Å². The molecule has 1 saturated heterocycles. The zero-order valence-corrected chi connectivity index (χ0v) is 13.7. The minimum atomic E-state index is 0.131. The van der Waals surface area contributed by atoms with Gasteiger partial charge in [-0.2, -0.15) is 5.10 Å². The van der Waals surface area contributed by atoms with E-state index in [4.69, 9.17) is 11.6 Å². The maximum absolute atomic E-state index is 12.9.